The highest BCUT2D eigenvalue weighted by Gasteiger charge is 2.07. The van der Waals surface area contributed by atoms with Crippen LogP contribution in [0.2, 0.25) is 0 Å². The third kappa shape index (κ3) is 3.38. The summed E-state index contributed by atoms with van der Waals surface area (Å²) < 4.78 is 7.28. The van der Waals surface area contributed by atoms with Gasteiger partial charge in [0.05, 0.1) is 6.20 Å². The molecule has 1 radical (unpaired) electrons. The molecular weight excluding hydrogens is 280 g/mol. The van der Waals surface area contributed by atoms with Crippen molar-refractivity contribution in [3.05, 3.63) is 61.8 Å². The Kier molecular flexibility index (Phi) is 3.95. The van der Waals surface area contributed by atoms with Gasteiger partial charge in [0.2, 0.25) is 0 Å². The maximum absolute atomic E-state index is 5.64. The number of aryl methyl sites for hydroxylation is 1. The first-order valence-corrected chi connectivity index (χ1v) is 6.72. The van der Waals surface area contributed by atoms with Crippen LogP contribution in [0.5, 0.6) is 5.75 Å². The monoisotopic (exact) mass is 295 g/mol. The quantitative estimate of drug-likeness (QED) is 0.726. The third-order valence-corrected chi connectivity index (χ3v) is 2.86. The van der Waals surface area contributed by atoms with E-state index in [2.05, 4.69) is 32.3 Å². The molecular formula is C15H15N6O. The second kappa shape index (κ2) is 6.21. The zero-order valence-corrected chi connectivity index (χ0v) is 12.0. The summed E-state index contributed by atoms with van der Waals surface area (Å²) in [6.45, 7) is 5.82. The standard InChI is InChI=1S/C15H15N6O/c1-11-4-5-13(9-16-11)22-12(2)20-14-8-15(18-10-17-14)21-7-3-6-19-21/h3-10,12H,2H2,1H3,(H,17,18,20). The molecule has 3 rings (SSSR count). The van der Waals surface area contributed by atoms with Crippen LogP contribution in [0, 0.1) is 13.8 Å². The van der Waals surface area contributed by atoms with E-state index in [1.165, 1.54) is 6.33 Å². The minimum atomic E-state index is -0.509. The molecule has 0 fully saturated rings. The van der Waals surface area contributed by atoms with Gasteiger partial charge in [0, 0.05) is 31.1 Å². The minimum Gasteiger partial charge on any atom is -0.469 e. The zero-order valence-electron chi connectivity index (χ0n) is 12.0. The number of nitrogens with one attached hydrogen (secondary N) is 1. The first-order chi connectivity index (χ1) is 10.7. The summed E-state index contributed by atoms with van der Waals surface area (Å²) in [7, 11) is 0. The molecule has 3 aromatic heterocycles. The van der Waals surface area contributed by atoms with E-state index in [-0.39, 0.29) is 0 Å². The number of hydrogen-bond acceptors (Lipinski definition) is 6. The summed E-state index contributed by atoms with van der Waals surface area (Å²) >= 11 is 0. The van der Waals surface area contributed by atoms with Crippen LogP contribution in [0.25, 0.3) is 5.82 Å². The molecule has 7 heteroatoms. The Balaban J connectivity index is 1.67. The molecule has 1 atom stereocenters. The van der Waals surface area contributed by atoms with Gasteiger partial charge in [-0.3, -0.25) is 4.98 Å². The summed E-state index contributed by atoms with van der Waals surface area (Å²) in [5, 5.41) is 7.18. The van der Waals surface area contributed by atoms with Crippen LogP contribution >= 0.6 is 0 Å². The molecule has 0 bridgehead atoms. The molecule has 0 spiro atoms. The summed E-state index contributed by atoms with van der Waals surface area (Å²) in [4.78, 5) is 12.5. The average molecular weight is 295 g/mol. The molecule has 0 aliphatic rings. The predicted molar refractivity (Wildman–Crippen MR) is 81.5 cm³/mol. The van der Waals surface area contributed by atoms with Crippen molar-refractivity contribution in [1.82, 2.24) is 24.7 Å². The Morgan fingerprint density at radius 2 is 2.18 bits per heavy atom. The predicted octanol–water partition coefficient (Wildman–Crippen LogP) is 2.02. The minimum absolute atomic E-state index is 0.509. The second-order valence-corrected chi connectivity index (χ2v) is 4.60. The molecule has 22 heavy (non-hydrogen) atoms. The maximum atomic E-state index is 5.64. The molecule has 1 unspecified atom stereocenters. The molecule has 0 saturated heterocycles. The molecule has 1 N–H and O–H groups in total. The SMILES string of the molecule is [CH2]C(Nc1cc(-n2cccn2)ncn1)Oc1ccc(C)nc1. The van der Waals surface area contributed by atoms with Crippen molar-refractivity contribution >= 4 is 5.82 Å². The van der Waals surface area contributed by atoms with Gasteiger partial charge in [0.1, 0.15) is 17.9 Å². The molecule has 111 valence electrons. The van der Waals surface area contributed by atoms with Gasteiger partial charge in [0.15, 0.2) is 12.0 Å². The number of aromatic nitrogens is 5. The molecule has 0 aliphatic heterocycles. The van der Waals surface area contributed by atoms with E-state index in [9.17, 15) is 0 Å². The van der Waals surface area contributed by atoms with Crippen LogP contribution in [-0.4, -0.2) is 31.0 Å². The molecule has 0 aromatic carbocycles. The molecule has 3 aromatic rings. The van der Waals surface area contributed by atoms with Crippen molar-refractivity contribution in [1.29, 1.82) is 0 Å². The fourth-order valence-electron chi connectivity index (χ4n) is 1.84. The van der Waals surface area contributed by atoms with Gasteiger partial charge in [0.25, 0.3) is 0 Å². The van der Waals surface area contributed by atoms with E-state index in [4.69, 9.17) is 4.74 Å². The first-order valence-electron chi connectivity index (χ1n) is 6.72. The number of hydrogen-bond donors (Lipinski definition) is 1. The summed E-state index contributed by atoms with van der Waals surface area (Å²) in [6.07, 6.45) is 6.10. The lowest BCUT2D eigenvalue weighted by atomic mass is 10.4. The van der Waals surface area contributed by atoms with Gasteiger partial charge in [-0.25, -0.2) is 14.6 Å². The van der Waals surface area contributed by atoms with Gasteiger partial charge in [-0.15, -0.1) is 0 Å². The Labute approximate surface area is 128 Å². The third-order valence-electron chi connectivity index (χ3n) is 2.86. The average Bonchev–Trinajstić information content (AvgIpc) is 3.04. The lowest BCUT2D eigenvalue weighted by Gasteiger charge is -2.16. The van der Waals surface area contributed by atoms with Crippen LogP contribution in [0.3, 0.4) is 0 Å². The molecule has 0 saturated carbocycles. The van der Waals surface area contributed by atoms with Crippen molar-refractivity contribution in [2.45, 2.75) is 13.2 Å². The fourth-order valence-corrected chi connectivity index (χ4v) is 1.84. The molecule has 3 heterocycles. The van der Waals surface area contributed by atoms with E-state index in [0.717, 1.165) is 5.69 Å². The maximum Gasteiger partial charge on any atom is 0.171 e. The highest BCUT2D eigenvalue weighted by Crippen LogP contribution is 2.13. The number of ether oxygens (including phenoxy) is 1. The Bertz CT molecular complexity index is 726. The van der Waals surface area contributed by atoms with Crippen molar-refractivity contribution in [2.75, 3.05) is 5.32 Å². The number of pyridine rings is 1. The van der Waals surface area contributed by atoms with Crippen LogP contribution in [0.1, 0.15) is 5.69 Å². The summed E-state index contributed by atoms with van der Waals surface area (Å²) in [5.74, 6) is 1.90. The highest BCUT2D eigenvalue weighted by atomic mass is 16.5. The number of rotatable bonds is 5. The smallest absolute Gasteiger partial charge is 0.171 e. The highest BCUT2D eigenvalue weighted by molar-refractivity contribution is 5.41. The lowest BCUT2D eigenvalue weighted by molar-refractivity contribution is 0.273. The van der Waals surface area contributed by atoms with E-state index in [0.29, 0.717) is 17.4 Å². The van der Waals surface area contributed by atoms with Gasteiger partial charge in [-0.1, -0.05) is 0 Å². The molecule has 0 aliphatic carbocycles. The lowest BCUT2D eigenvalue weighted by Crippen LogP contribution is -2.23. The van der Waals surface area contributed by atoms with Gasteiger partial charge >= 0.3 is 0 Å². The first kappa shape index (κ1) is 14.0. The van der Waals surface area contributed by atoms with Gasteiger partial charge < -0.3 is 10.1 Å². The Morgan fingerprint density at radius 3 is 2.91 bits per heavy atom. The van der Waals surface area contributed by atoms with Crippen LogP contribution in [0.15, 0.2) is 49.2 Å². The van der Waals surface area contributed by atoms with Crippen molar-refractivity contribution < 1.29 is 4.74 Å². The van der Waals surface area contributed by atoms with E-state index < -0.39 is 6.23 Å². The largest absolute Gasteiger partial charge is 0.469 e. The summed E-state index contributed by atoms with van der Waals surface area (Å²) in [5.41, 5.74) is 0.931. The number of nitrogens with zero attached hydrogens (tertiary/aromatic N) is 5. The van der Waals surface area contributed by atoms with E-state index >= 15 is 0 Å². The molecule has 0 amide bonds. The van der Waals surface area contributed by atoms with Gasteiger partial charge in [-0.05, 0) is 25.1 Å². The Morgan fingerprint density at radius 1 is 1.27 bits per heavy atom. The Hall–Kier alpha value is -2.96. The van der Waals surface area contributed by atoms with Crippen LogP contribution in [-0.2, 0) is 0 Å². The van der Waals surface area contributed by atoms with E-state index in [1.807, 2.05) is 31.3 Å². The molecule has 7 nitrogen and oxygen atoms in total. The normalized spacial score (nSPS) is 11.9. The van der Waals surface area contributed by atoms with Gasteiger partial charge in [-0.2, -0.15) is 5.10 Å². The fraction of sp³-hybridized carbons (Fsp3) is 0.133. The summed E-state index contributed by atoms with van der Waals surface area (Å²) in [6, 6.07) is 7.31. The topological polar surface area (TPSA) is 77.8 Å². The zero-order chi connectivity index (χ0) is 15.4. The van der Waals surface area contributed by atoms with Crippen molar-refractivity contribution in [3.8, 4) is 11.6 Å². The number of anilines is 1. The van der Waals surface area contributed by atoms with Crippen molar-refractivity contribution in [3.63, 3.8) is 0 Å². The van der Waals surface area contributed by atoms with E-state index in [1.54, 1.807) is 23.1 Å². The van der Waals surface area contributed by atoms with Crippen LogP contribution < -0.4 is 10.1 Å². The van der Waals surface area contributed by atoms with Crippen LogP contribution in [0.4, 0.5) is 5.82 Å². The van der Waals surface area contributed by atoms with Crippen molar-refractivity contribution in [2.24, 2.45) is 0 Å². The second-order valence-electron chi connectivity index (χ2n) is 4.60.